The molecule has 0 aliphatic heterocycles. The molecule has 2 aromatic rings. The molecule has 1 aromatic heterocycles. The first-order valence-electron chi connectivity index (χ1n) is 6.23. The lowest BCUT2D eigenvalue weighted by molar-refractivity contribution is -0.118. The molecule has 0 radical (unpaired) electrons. The number of aromatic nitrogens is 1. The first-order chi connectivity index (χ1) is 9.49. The van der Waals surface area contributed by atoms with Crippen LogP contribution in [0.25, 0.3) is 0 Å². The van der Waals surface area contributed by atoms with Crippen LogP contribution in [0.15, 0.2) is 47.4 Å². The van der Waals surface area contributed by atoms with Crippen LogP contribution in [0.2, 0.25) is 0 Å². The van der Waals surface area contributed by atoms with Gasteiger partial charge in [-0.05, 0) is 44.2 Å². The molecule has 1 heterocycles. The van der Waals surface area contributed by atoms with E-state index in [4.69, 9.17) is 0 Å². The summed E-state index contributed by atoms with van der Waals surface area (Å²) in [5.74, 6) is -0.699. The Morgan fingerprint density at radius 1 is 1.25 bits per heavy atom. The Bertz CT molecular complexity index is 677. The van der Waals surface area contributed by atoms with Crippen molar-refractivity contribution in [3.05, 3.63) is 64.3 Å². The van der Waals surface area contributed by atoms with Gasteiger partial charge in [0.05, 0.1) is 0 Å². The first-order valence-corrected chi connectivity index (χ1v) is 6.23. The highest BCUT2D eigenvalue weighted by Gasteiger charge is 2.16. The average molecular weight is 274 g/mol. The number of nitrogens with one attached hydrogen (secondary N) is 1. The molecule has 1 aromatic carbocycles. The summed E-state index contributed by atoms with van der Waals surface area (Å²) in [5.41, 5.74) is 0.868. The minimum absolute atomic E-state index is 0.200. The smallest absolute Gasteiger partial charge is 0.254 e. The summed E-state index contributed by atoms with van der Waals surface area (Å²) < 4.78 is 14.2. The SMILES string of the molecule is Cc1cccn(C(C)C(=O)Nc2ccc(F)cc2)c1=O. The van der Waals surface area contributed by atoms with Gasteiger partial charge in [-0.3, -0.25) is 9.59 Å². The number of amides is 1. The normalized spacial score (nSPS) is 11.9. The predicted molar refractivity (Wildman–Crippen MR) is 75.2 cm³/mol. The van der Waals surface area contributed by atoms with Gasteiger partial charge in [-0.1, -0.05) is 6.07 Å². The van der Waals surface area contributed by atoms with Gasteiger partial charge in [-0.25, -0.2) is 4.39 Å². The van der Waals surface area contributed by atoms with Gasteiger partial charge in [0.1, 0.15) is 11.9 Å². The molecular formula is C15H15FN2O2. The van der Waals surface area contributed by atoms with Gasteiger partial charge < -0.3 is 9.88 Å². The van der Waals surface area contributed by atoms with Crippen LogP contribution >= 0.6 is 0 Å². The number of aryl methyl sites for hydroxylation is 1. The second-order valence-electron chi connectivity index (χ2n) is 4.58. The number of halogens is 1. The lowest BCUT2D eigenvalue weighted by Crippen LogP contribution is -2.32. The van der Waals surface area contributed by atoms with E-state index in [1.54, 1.807) is 32.2 Å². The highest BCUT2D eigenvalue weighted by molar-refractivity contribution is 5.93. The maximum atomic E-state index is 12.8. The zero-order valence-electron chi connectivity index (χ0n) is 11.3. The number of hydrogen-bond acceptors (Lipinski definition) is 2. The van der Waals surface area contributed by atoms with Gasteiger partial charge in [-0.2, -0.15) is 0 Å². The Balaban J connectivity index is 2.18. The fourth-order valence-electron chi connectivity index (χ4n) is 1.83. The number of hydrogen-bond donors (Lipinski definition) is 1. The first kappa shape index (κ1) is 14.0. The van der Waals surface area contributed by atoms with Gasteiger partial charge in [0, 0.05) is 17.4 Å². The minimum Gasteiger partial charge on any atom is -0.324 e. The second-order valence-corrected chi connectivity index (χ2v) is 4.58. The highest BCUT2D eigenvalue weighted by Crippen LogP contribution is 2.11. The van der Waals surface area contributed by atoms with Crippen LogP contribution in [0.3, 0.4) is 0 Å². The Morgan fingerprint density at radius 2 is 1.90 bits per heavy atom. The van der Waals surface area contributed by atoms with Crippen LogP contribution in [0, 0.1) is 12.7 Å². The van der Waals surface area contributed by atoms with Gasteiger partial charge in [0.15, 0.2) is 0 Å². The van der Waals surface area contributed by atoms with E-state index in [0.29, 0.717) is 11.3 Å². The standard InChI is InChI=1S/C15H15FN2O2/c1-10-4-3-9-18(15(10)20)11(2)14(19)17-13-7-5-12(16)6-8-13/h3-9,11H,1-2H3,(H,17,19). The van der Waals surface area contributed by atoms with Crippen LogP contribution in [0.5, 0.6) is 0 Å². The zero-order chi connectivity index (χ0) is 14.7. The van der Waals surface area contributed by atoms with Crippen LogP contribution in [0.1, 0.15) is 18.5 Å². The number of benzene rings is 1. The van der Waals surface area contributed by atoms with E-state index in [2.05, 4.69) is 5.32 Å². The molecule has 0 saturated heterocycles. The van der Waals surface area contributed by atoms with Crippen molar-refractivity contribution in [2.24, 2.45) is 0 Å². The minimum atomic E-state index is -0.646. The highest BCUT2D eigenvalue weighted by atomic mass is 19.1. The Labute approximate surface area is 115 Å². The molecule has 5 heteroatoms. The predicted octanol–water partition coefficient (Wildman–Crippen LogP) is 2.50. The Hall–Kier alpha value is -2.43. The molecule has 4 nitrogen and oxygen atoms in total. The van der Waals surface area contributed by atoms with E-state index in [1.807, 2.05) is 0 Å². The van der Waals surface area contributed by atoms with Crippen LogP contribution in [-0.2, 0) is 4.79 Å². The second kappa shape index (κ2) is 5.69. The molecule has 104 valence electrons. The summed E-state index contributed by atoms with van der Waals surface area (Å²) in [4.78, 5) is 24.0. The molecule has 0 saturated carbocycles. The topological polar surface area (TPSA) is 51.1 Å². The van der Waals surface area contributed by atoms with Crippen LogP contribution in [-0.4, -0.2) is 10.5 Å². The van der Waals surface area contributed by atoms with Gasteiger partial charge in [-0.15, -0.1) is 0 Å². The number of carbonyl (C=O) groups is 1. The number of carbonyl (C=O) groups excluding carboxylic acids is 1. The lowest BCUT2D eigenvalue weighted by Gasteiger charge is -2.15. The van der Waals surface area contributed by atoms with Crippen molar-refractivity contribution in [2.45, 2.75) is 19.9 Å². The van der Waals surface area contributed by atoms with Gasteiger partial charge in [0.25, 0.3) is 5.56 Å². The molecule has 1 atom stereocenters. The summed E-state index contributed by atoms with van der Waals surface area (Å²) in [7, 11) is 0. The van der Waals surface area contributed by atoms with Crippen molar-refractivity contribution in [3.63, 3.8) is 0 Å². The number of nitrogens with zero attached hydrogens (tertiary/aromatic N) is 1. The third-order valence-corrected chi connectivity index (χ3v) is 3.07. The van der Waals surface area contributed by atoms with E-state index in [9.17, 15) is 14.0 Å². The fourth-order valence-corrected chi connectivity index (χ4v) is 1.83. The summed E-state index contributed by atoms with van der Waals surface area (Å²) in [6.07, 6.45) is 1.57. The third kappa shape index (κ3) is 2.93. The Morgan fingerprint density at radius 3 is 2.55 bits per heavy atom. The molecule has 0 spiro atoms. The molecule has 1 unspecified atom stereocenters. The maximum Gasteiger partial charge on any atom is 0.254 e. The van der Waals surface area contributed by atoms with Crippen molar-refractivity contribution < 1.29 is 9.18 Å². The molecular weight excluding hydrogens is 259 g/mol. The maximum absolute atomic E-state index is 12.8. The van der Waals surface area contributed by atoms with Crippen LogP contribution < -0.4 is 10.9 Å². The molecule has 1 amide bonds. The van der Waals surface area contributed by atoms with Crippen molar-refractivity contribution >= 4 is 11.6 Å². The quantitative estimate of drug-likeness (QED) is 0.935. The van der Waals surface area contributed by atoms with Crippen LogP contribution in [0.4, 0.5) is 10.1 Å². The van der Waals surface area contributed by atoms with E-state index in [-0.39, 0.29) is 17.3 Å². The van der Waals surface area contributed by atoms with E-state index < -0.39 is 6.04 Å². The van der Waals surface area contributed by atoms with Crippen molar-refractivity contribution in [1.29, 1.82) is 0 Å². The molecule has 0 fully saturated rings. The molecule has 0 aliphatic rings. The fraction of sp³-hybridized carbons (Fsp3) is 0.200. The summed E-state index contributed by atoms with van der Waals surface area (Å²) >= 11 is 0. The molecule has 1 N–H and O–H groups in total. The van der Waals surface area contributed by atoms with Crippen molar-refractivity contribution in [2.75, 3.05) is 5.32 Å². The summed E-state index contributed by atoms with van der Waals surface area (Å²) in [5, 5.41) is 2.65. The van der Waals surface area contributed by atoms with Gasteiger partial charge in [0.2, 0.25) is 5.91 Å². The molecule has 2 rings (SSSR count). The Kier molecular flexibility index (Phi) is 3.98. The number of anilines is 1. The number of pyridine rings is 1. The third-order valence-electron chi connectivity index (χ3n) is 3.07. The largest absolute Gasteiger partial charge is 0.324 e. The van der Waals surface area contributed by atoms with E-state index >= 15 is 0 Å². The average Bonchev–Trinajstić information content (AvgIpc) is 2.43. The molecule has 0 aliphatic carbocycles. The van der Waals surface area contributed by atoms with E-state index in [1.165, 1.54) is 28.8 Å². The van der Waals surface area contributed by atoms with Gasteiger partial charge >= 0.3 is 0 Å². The monoisotopic (exact) mass is 274 g/mol. The van der Waals surface area contributed by atoms with Crippen molar-refractivity contribution in [1.82, 2.24) is 4.57 Å². The summed E-state index contributed by atoms with van der Waals surface area (Å²) in [6, 6.07) is 8.24. The molecule has 0 bridgehead atoms. The molecule has 20 heavy (non-hydrogen) atoms. The zero-order valence-corrected chi connectivity index (χ0v) is 11.3. The number of rotatable bonds is 3. The van der Waals surface area contributed by atoms with E-state index in [0.717, 1.165) is 0 Å². The lowest BCUT2D eigenvalue weighted by atomic mass is 10.2. The summed E-state index contributed by atoms with van der Waals surface area (Å²) in [6.45, 7) is 3.34. The van der Waals surface area contributed by atoms with Crippen molar-refractivity contribution in [3.8, 4) is 0 Å².